The van der Waals surface area contributed by atoms with Crippen molar-refractivity contribution in [3.05, 3.63) is 107 Å². The minimum atomic E-state index is -0.591. The Morgan fingerprint density at radius 2 is 1.43 bits per heavy atom. The highest BCUT2D eigenvalue weighted by molar-refractivity contribution is 5.83. The first kappa shape index (κ1) is 16.9. The van der Waals surface area contributed by atoms with Gasteiger partial charge in [-0.15, -0.1) is 0 Å². The second-order valence-corrected chi connectivity index (χ2v) is 7.42. The molecule has 3 heterocycles. The summed E-state index contributed by atoms with van der Waals surface area (Å²) in [6, 6.07) is 27.1. The van der Waals surface area contributed by atoms with E-state index in [9.17, 15) is 9.90 Å². The molecule has 144 valence electrons. The van der Waals surface area contributed by atoms with Gasteiger partial charge in [0.25, 0.3) is 0 Å². The molecular weight excluding hydrogens is 376 g/mol. The highest BCUT2D eigenvalue weighted by Crippen LogP contribution is 2.39. The Hall–Kier alpha value is -4.06. The molecule has 2 aromatic heterocycles. The summed E-state index contributed by atoms with van der Waals surface area (Å²) in [7, 11) is 0. The smallest absolute Gasteiger partial charge is 0.435 e. The predicted octanol–water partition coefficient (Wildman–Crippen LogP) is 2.50. The van der Waals surface area contributed by atoms with Gasteiger partial charge >= 0.3 is 11.3 Å². The van der Waals surface area contributed by atoms with Gasteiger partial charge in [-0.1, -0.05) is 72.8 Å². The summed E-state index contributed by atoms with van der Waals surface area (Å²) >= 11 is 0. The molecule has 30 heavy (non-hydrogen) atoms. The van der Waals surface area contributed by atoms with Crippen molar-refractivity contribution in [2.45, 2.75) is 12.1 Å². The Morgan fingerprint density at radius 3 is 2.17 bits per heavy atom. The number of nitrogens with zero attached hydrogens (tertiary/aromatic N) is 4. The van der Waals surface area contributed by atoms with Gasteiger partial charge in [0.05, 0.1) is 0 Å². The number of rotatable bonds is 2. The molecule has 6 rings (SSSR count). The van der Waals surface area contributed by atoms with Crippen LogP contribution >= 0.6 is 0 Å². The number of hydrogen-bond donors (Lipinski definition) is 0. The molecular formula is C24H16N4O2. The predicted molar refractivity (Wildman–Crippen MR) is 110 cm³/mol. The van der Waals surface area contributed by atoms with Gasteiger partial charge in [-0.05, 0) is 12.1 Å². The zero-order valence-corrected chi connectivity index (χ0v) is 15.8. The summed E-state index contributed by atoms with van der Waals surface area (Å²) in [4.78, 5) is 21.4. The number of benzene rings is 3. The van der Waals surface area contributed by atoms with Crippen LogP contribution in [0.25, 0.3) is 22.2 Å². The summed E-state index contributed by atoms with van der Waals surface area (Å²) < 4.78 is 3.71. The zero-order valence-electron chi connectivity index (χ0n) is 15.8. The van der Waals surface area contributed by atoms with Gasteiger partial charge in [0.1, 0.15) is 5.52 Å². The van der Waals surface area contributed by atoms with Crippen LogP contribution in [0.15, 0.2) is 89.7 Å². The normalized spacial score (nSPS) is 17.6. The molecule has 0 spiro atoms. The number of fused-ring (bicyclic) bond motifs is 2. The van der Waals surface area contributed by atoms with E-state index < -0.39 is 11.6 Å². The average Bonchev–Trinajstić information content (AvgIpc) is 3.16. The van der Waals surface area contributed by atoms with E-state index in [0.717, 1.165) is 16.6 Å². The van der Waals surface area contributed by atoms with E-state index >= 15 is 0 Å². The van der Waals surface area contributed by atoms with Gasteiger partial charge in [0, 0.05) is 17.0 Å². The number of hydrogen-bond acceptors (Lipinski definition) is 4. The fraction of sp³-hybridized carbons (Fsp3) is 0.0833. The first-order chi connectivity index (χ1) is 14.7. The largest absolute Gasteiger partial charge is 0.857 e. The third-order valence-corrected chi connectivity index (χ3v) is 5.79. The molecule has 6 heteroatoms. The SMILES string of the molecule is O=c1nc([O-])c2nc3ccccc3[n+]3c2n1[C@H](c1ccccc1)[C@H]3c1ccccc1. The second-order valence-electron chi connectivity index (χ2n) is 7.42. The lowest BCUT2D eigenvalue weighted by molar-refractivity contribution is -0.658. The van der Waals surface area contributed by atoms with Crippen LogP contribution in [0.5, 0.6) is 5.88 Å². The Labute approximate surface area is 171 Å². The minimum absolute atomic E-state index is 0.215. The van der Waals surface area contributed by atoms with Crippen LogP contribution in [-0.4, -0.2) is 14.5 Å². The van der Waals surface area contributed by atoms with Crippen molar-refractivity contribution in [3.8, 4) is 5.88 Å². The van der Waals surface area contributed by atoms with Crippen molar-refractivity contribution in [1.29, 1.82) is 0 Å². The summed E-state index contributed by atoms with van der Waals surface area (Å²) in [5.74, 6) is -0.591. The maximum absolute atomic E-state index is 13.0. The molecule has 0 fully saturated rings. The van der Waals surface area contributed by atoms with E-state index in [0.29, 0.717) is 11.2 Å². The molecule has 0 saturated heterocycles. The van der Waals surface area contributed by atoms with Crippen molar-refractivity contribution in [3.63, 3.8) is 0 Å². The van der Waals surface area contributed by atoms with Gasteiger partial charge in [0.2, 0.25) is 0 Å². The first-order valence-corrected chi connectivity index (χ1v) is 9.77. The van der Waals surface area contributed by atoms with E-state index in [1.54, 1.807) is 4.57 Å². The Morgan fingerprint density at radius 1 is 0.800 bits per heavy atom. The van der Waals surface area contributed by atoms with Gasteiger partial charge in [-0.3, -0.25) is 0 Å². The summed E-state index contributed by atoms with van der Waals surface area (Å²) in [5, 5.41) is 12.7. The van der Waals surface area contributed by atoms with Crippen LogP contribution in [0.2, 0.25) is 0 Å². The second kappa shape index (κ2) is 6.22. The van der Waals surface area contributed by atoms with E-state index in [2.05, 4.69) is 26.7 Å². The number of aromatic nitrogens is 4. The van der Waals surface area contributed by atoms with Crippen molar-refractivity contribution in [1.82, 2.24) is 14.5 Å². The molecule has 2 atom stereocenters. The molecule has 0 unspecified atom stereocenters. The van der Waals surface area contributed by atoms with Gasteiger partial charge in [0.15, 0.2) is 23.1 Å². The van der Waals surface area contributed by atoms with Crippen LogP contribution < -0.4 is 15.4 Å². The summed E-state index contributed by atoms with van der Waals surface area (Å²) in [6.07, 6.45) is 0. The maximum atomic E-state index is 13.0. The van der Waals surface area contributed by atoms with Gasteiger partial charge < -0.3 is 5.11 Å². The molecule has 0 saturated carbocycles. The lowest BCUT2D eigenvalue weighted by atomic mass is 9.94. The third kappa shape index (κ3) is 2.24. The van der Waals surface area contributed by atoms with Crippen molar-refractivity contribution >= 4 is 22.2 Å². The Balaban J connectivity index is 1.83. The Kier molecular flexibility index (Phi) is 3.49. The molecule has 0 aliphatic carbocycles. The fourth-order valence-corrected chi connectivity index (χ4v) is 4.60. The standard InChI is InChI=1S/C24H16N4O2/c29-22-19-23-27(18-14-8-7-13-17(18)25-19)20(15-9-3-1-4-10-15)21(28(23)24(30)26-22)16-11-5-2-6-12-16/h1-14,20-21H/t20-,21-/m1/s1. The van der Waals surface area contributed by atoms with Crippen molar-refractivity contribution < 1.29 is 9.67 Å². The quantitative estimate of drug-likeness (QED) is 0.342. The minimum Gasteiger partial charge on any atom is -0.857 e. The van der Waals surface area contributed by atoms with E-state index in [1.807, 2.05) is 72.8 Å². The van der Waals surface area contributed by atoms with Gasteiger partial charge in [-0.2, -0.15) is 9.55 Å². The first-order valence-electron chi connectivity index (χ1n) is 9.77. The maximum Gasteiger partial charge on any atom is 0.435 e. The molecule has 1 aliphatic rings. The Bertz CT molecular complexity index is 1480. The lowest BCUT2D eigenvalue weighted by Crippen LogP contribution is -2.40. The van der Waals surface area contributed by atoms with E-state index in [1.165, 1.54) is 0 Å². The molecule has 6 nitrogen and oxygen atoms in total. The van der Waals surface area contributed by atoms with Crippen LogP contribution in [0.3, 0.4) is 0 Å². The molecule has 1 aliphatic heterocycles. The summed E-state index contributed by atoms with van der Waals surface area (Å²) in [5.41, 5.74) is 3.77. The molecule has 0 N–H and O–H groups in total. The fourth-order valence-electron chi connectivity index (χ4n) is 4.60. The van der Waals surface area contributed by atoms with E-state index in [4.69, 9.17) is 0 Å². The monoisotopic (exact) mass is 392 g/mol. The van der Waals surface area contributed by atoms with Crippen LogP contribution in [0, 0.1) is 0 Å². The lowest BCUT2D eigenvalue weighted by Gasteiger charge is -2.18. The van der Waals surface area contributed by atoms with E-state index in [-0.39, 0.29) is 17.6 Å². The van der Waals surface area contributed by atoms with Crippen LogP contribution in [0.1, 0.15) is 23.2 Å². The third-order valence-electron chi connectivity index (χ3n) is 5.79. The highest BCUT2D eigenvalue weighted by atomic mass is 16.3. The highest BCUT2D eigenvalue weighted by Gasteiger charge is 2.46. The van der Waals surface area contributed by atoms with Gasteiger partial charge in [-0.25, -0.2) is 14.3 Å². The van der Waals surface area contributed by atoms with Crippen LogP contribution in [-0.2, 0) is 0 Å². The molecule has 3 aromatic carbocycles. The van der Waals surface area contributed by atoms with Crippen LogP contribution in [0.4, 0.5) is 0 Å². The van der Waals surface area contributed by atoms with Crippen molar-refractivity contribution in [2.24, 2.45) is 0 Å². The molecule has 0 bridgehead atoms. The molecule has 0 radical (unpaired) electrons. The summed E-state index contributed by atoms with van der Waals surface area (Å²) in [6.45, 7) is 0. The van der Waals surface area contributed by atoms with Crippen molar-refractivity contribution in [2.75, 3.05) is 0 Å². The topological polar surface area (TPSA) is 74.7 Å². The zero-order chi connectivity index (χ0) is 20.2. The molecule has 5 aromatic rings. The molecule has 0 amide bonds. The number of para-hydroxylation sites is 2. The average molecular weight is 392 g/mol.